The van der Waals surface area contributed by atoms with Gasteiger partial charge in [-0.1, -0.05) is 0 Å². The topological polar surface area (TPSA) is 85.7 Å². The molecule has 7 nitrogen and oxygen atoms in total. The minimum atomic E-state index is -3.53. The van der Waals surface area contributed by atoms with E-state index in [4.69, 9.17) is 10.00 Å². The Hall–Kier alpha value is -1.21. The van der Waals surface area contributed by atoms with Gasteiger partial charge in [-0.05, 0) is 24.3 Å². The predicted molar refractivity (Wildman–Crippen MR) is 96.2 cm³/mol. The Kier molecular flexibility index (Phi) is 6.79. The van der Waals surface area contributed by atoms with Gasteiger partial charge in [-0.3, -0.25) is 4.90 Å². The summed E-state index contributed by atoms with van der Waals surface area (Å²) in [5.74, 6) is 0. The van der Waals surface area contributed by atoms with Crippen LogP contribution in [0.5, 0.6) is 0 Å². The number of rotatable bonds is 5. The monoisotopic (exact) mass is 386 g/mol. The molecule has 2 aliphatic heterocycles. The van der Waals surface area contributed by atoms with Crippen LogP contribution >= 0.6 is 12.4 Å². The number of hydrogen-bond donors (Lipinski definition) is 1. The van der Waals surface area contributed by atoms with Gasteiger partial charge in [0.1, 0.15) is 0 Å². The van der Waals surface area contributed by atoms with Crippen LogP contribution in [0.25, 0.3) is 0 Å². The first kappa shape index (κ1) is 20.1. The van der Waals surface area contributed by atoms with Crippen LogP contribution in [-0.2, 0) is 14.8 Å². The molecule has 1 aromatic rings. The molecule has 2 saturated heterocycles. The zero-order valence-corrected chi connectivity index (χ0v) is 15.7. The van der Waals surface area contributed by atoms with E-state index < -0.39 is 10.0 Å². The van der Waals surface area contributed by atoms with Crippen molar-refractivity contribution in [1.82, 2.24) is 14.5 Å². The Morgan fingerprint density at radius 3 is 2.44 bits per heavy atom. The summed E-state index contributed by atoms with van der Waals surface area (Å²) >= 11 is 0. The number of nitrogens with one attached hydrogen (secondary N) is 1. The fraction of sp³-hybridized carbons (Fsp3) is 0.562. The minimum Gasteiger partial charge on any atom is -0.370 e. The lowest BCUT2D eigenvalue weighted by molar-refractivity contribution is -0.103. The van der Waals surface area contributed by atoms with Gasteiger partial charge in [0.15, 0.2) is 0 Å². The first-order valence-corrected chi connectivity index (χ1v) is 9.48. The summed E-state index contributed by atoms with van der Waals surface area (Å²) in [5.41, 5.74) is 0.449. The molecule has 0 saturated carbocycles. The molecule has 25 heavy (non-hydrogen) atoms. The fourth-order valence-electron chi connectivity index (χ4n) is 3.11. The lowest BCUT2D eigenvalue weighted by Crippen LogP contribution is -2.59. The summed E-state index contributed by atoms with van der Waals surface area (Å²) in [6, 6.07) is 8.00. The van der Waals surface area contributed by atoms with Crippen LogP contribution < -0.4 is 5.32 Å². The summed E-state index contributed by atoms with van der Waals surface area (Å²) in [5, 5.41) is 12.2. The SMILES string of the molecule is CN(CCN1CC2CNCC(C1)O2)S(=O)(=O)c1ccc(C#N)cc1.Cl. The minimum absolute atomic E-state index is 0. The maximum atomic E-state index is 12.6. The first-order chi connectivity index (χ1) is 11.5. The Labute approximate surface area is 155 Å². The highest BCUT2D eigenvalue weighted by Gasteiger charge is 2.31. The van der Waals surface area contributed by atoms with Gasteiger partial charge < -0.3 is 10.1 Å². The van der Waals surface area contributed by atoms with Crippen molar-refractivity contribution in [1.29, 1.82) is 5.26 Å². The van der Waals surface area contributed by atoms with Gasteiger partial charge in [-0.25, -0.2) is 8.42 Å². The molecule has 1 aromatic carbocycles. The first-order valence-electron chi connectivity index (χ1n) is 8.04. The van der Waals surface area contributed by atoms with E-state index in [-0.39, 0.29) is 29.5 Å². The van der Waals surface area contributed by atoms with E-state index >= 15 is 0 Å². The van der Waals surface area contributed by atoms with E-state index in [9.17, 15) is 8.42 Å². The summed E-state index contributed by atoms with van der Waals surface area (Å²) in [6.45, 7) is 4.47. The number of morpholine rings is 2. The number of ether oxygens (including phenoxy) is 1. The second kappa shape index (κ2) is 8.45. The average Bonchev–Trinajstić information content (AvgIpc) is 2.59. The quantitative estimate of drug-likeness (QED) is 0.782. The predicted octanol–water partition coefficient (Wildman–Crippen LogP) is 0.273. The molecular formula is C16H23ClN4O3S. The third-order valence-corrected chi connectivity index (χ3v) is 6.35. The molecular weight excluding hydrogens is 364 g/mol. The summed E-state index contributed by atoms with van der Waals surface area (Å²) in [7, 11) is -1.94. The standard InChI is InChI=1S/C16H22N4O3S.ClH/c1-19(24(21,22)16-4-2-13(8-17)3-5-16)6-7-20-11-14-9-18-10-15(12-20)23-14;/h2-5,14-15,18H,6-7,9-12H2,1H3;1H. The number of hydrogen-bond acceptors (Lipinski definition) is 6. The van der Waals surface area contributed by atoms with Crippen LogP contribution in [0.4, 0.5) is 0 Å². The molecule has 3 rings (SSSR count). The number of sulfonamides is 1. The van der Waals surface area contributed by atoms with Crippen molar-refractivity contribution < 1.29 is 13.2 Å². The largest absolute Gasteiger partial charge is 0.370 e. The lowest BCUT2D eigenvalue weighted by atomic mass is 10.1. The van der Waals surface area contributed by atoms with Gasteiger partial charge >= 0.3 is 0 Å². The molecule has 2 heterocycles. The summed E-state index contributed by atoms with van der Waals surface area (Å²) in [4.78, 5) is 2.48. The summed E-state index contributed by atoms with van der Waals surface area (Å²) < 4.78 is 32.4. The summed E-state index contributed by atoms with van der Waals surface area (Å²) in [6.07, 6.45) is 0.385. The van der Waals surface area contributed by atoms with E-state index in [1.165, 1.54) is 28.6 Å². The lowest BCUT2D eigenvalue weighted by Gasteiger charge is -2.42. The second-order valence-corrected chi connectivity index (χ2v) is 8.31. The molecule has 9 heteroatoms. The van der Waals surface area contributed by atoms with E-state index in [0.717, 1.165) is 26.2 Å². The highest BCUT2D eigenvalue weighted by Crippen LogP contribution is 2.17. The number of likely N-dealkylation sites (N-methyl/N-ethyl adjacent to an activating group) is 1. The van der Waals surface area contributed by atoms with Crippen molar-refractivity contribution in [3.63, 3.8) is 0 Å². The molecule has 0 aromatic heterocycles. The van der Waals surface area contributed by atoms with E-state index in [1.54, 1.807) is 7.05 Å². The number of nitrogens with zero attached hydrogens (tertiary/aromatic N) is 3. The molecule has 2 atom stereocenters. The van der Waals surface area contributed by atoms with Crippen LogP contribution in [-0.4, -0.2) is 76.1 Å². The van der Waals surface area contributed by atoms with Gasteiger partial charge in [-0.2, -0.15) is 9.57 Å². The van der Waals surface area contributed by atoms with Crippen molar-refractivity contribution in [3.8, 4) is 6.07 Å². The number of fused-ring (bicyclic) bond motifs is 2. The van der Waals surface area contributed by atoms with Crippen molar-refractivity contribution in [2.75, 3.05) is 46.3 Å². The maximum Gasteiger partial charge on any atom is 0.242 e. The highest BCUT2D eigenvalue weighted by atomic mass is 35.5. The van der Waals surface area contributed by atoms with E-state index in [1.807, 2.05) is 6.07 Å². The van der Waals surface area contributed by atoms with Crippen molar-refractivity contribution in [3.05, 3.63) is 29.8 Å². The molecule has 138 valence electrons. The second-order valence-electron chi connectivity index (χ2n) is 6.26. The number of nitriles is 1. The third-order valence-electron chi connectivity index (χ3n) is 4.48. The van der Waals surface area contributed by atoms with Crippen LogP contribution in [0.1, 0.15) is 5.56 Å². The maximum absolute atomic E-state index is 12.6. The Morgan fingerprint density at radius 2 is 1.88 bits per heavy atom. The molecule has 2 bridgehead atoms. The molecule has 0 spiro atoms. The van der Waals surface area contributed by atoms with Gasteiger partial charge in [-0.15, -0.1) is 12.4 Å². The van der Waals surface area contributed by atoms with Crippen LogP contribution in [0.15, 0.2) is 29.2 Å². The molecule has 1 N–H and O–H groups in total. The Balaban J connectivity index is 0.00000225. The van der Waals surface area contributed by atoms with Gasteiger partial charge in [0, 0.05) is 46.3 Å². The third kappa shape index (κ3) is 4.70. The van der Waals surface area contributed by atoms with Gasteiger partial charge in [0.25, 0.3) is 0 Å². The Bertz CT molecular complexity index is 708. The zero-order valence-electron chi connectivity index (χ0n) is 14.1. The van der Waals surface area contributed by atoms with Crippen molar-refractivity contribution >= 4 is 22.4 Å². The normalized spacial score (nSPS) is 23.7. The highest BCUT2D eigenvalue weighted by molar-refractivity contribution is 7.89. The van der Waals surface area contributed by atoms with Gasteiger partial charge in [0.2, 0.25) is 10.0 Å². The zero-order chi connectivity index (χ0) is 17.2. The fourth-order valence-corrected chi connectivity index (χ4v) is 4.27. The molecule has 2 fully saturated rings. The average molecular weight is 387 g/mol. The van der Waals surface area contributed by atoms with Crippen molar-refractivity contribution in [2.24, 2.45) is 0 Å². The molecule has 0 radical (unpaired) electrons. The molecule has 2 aliphatic rings. The molecule has 0 amide bonds. The number of benzene rings is 1. The molecule has 0 aliphatic carbocycles. The van der Waals surface area contributed by atoms with Crippen molar-refractivity contribution in [2.45, 2.75) is 17.1 Å². The molecule has 2 unspecified atom stereocenters. The smallest absolute Gasteiger partial charge is 0.242 e. The van der Waals surface area contributed by atoms with E-state index in [2.05, 4.69) is 10.2 Å². The van der Waals surface area contributed by atoms with E-state index in [0.29, 0.717) is 18.7 Å². The van der Waals surface area contributed by atoms with Crippen LogP contribution in [0.2, 0.25) is 0 Å². The van der Waals surface area contributed by atoms with Gasteiger partial charge in [0.05, 0.1) is 28.7 Å². The van der Waals surface area contributed by atoms with Crippen LogP contribution in [0.3, 0.4) is 0 Å². The number of halogens is 1. The van der Waals surface area contributed by atoms with Crippen LogP contribution in [0, 0.1) is 11.3 Å². The Morgan fingerprint density at radius 1 is 1.28 bits per heavy atom.